The monoisotopic (exact) mass is 933 g/mol. The Morgan fingerprint density at radius 3 is 2.27 bits per heavy atom. The van der Waals surface area contributed by atoms with Gasteiger partial charge in [-0.05, 0) is 141 Å². The third-order valence-corrected chi connectivity index (χ3v) is 19.9. The molecule has 1 aromatic carbocycles. The number of rotatable bonds is 12. The number of Topliss-reactive ketones (excluding diaryl/α,β-unsaturated/α-hetero) is 1. The van der Waals surface area contributed by atoms with Gasteiger partial charge in [-0.25, -0.2) is 0 Å². The van der Waals surface area contributed by atoms with E-state index < -0.39 is 34.2 Å². The number of carbonyl (C=O) groups is 5. The first kappa shape index (κ1) is 49.0. The van der Waals surface area contributed by atoms with E-state index in [0.717, 1.165) is 63.4 Å². The lowest BCUT2D eigenvalue weighted by Gasteiger charge is -2.72. The van der Waals surface area contributed by atoms with Crippen LogP contribution in [0.25, 0.3) is 0 Å². The highest BCUT2D eigenvalue weighted by molar-refractivity contribution is 6.30. The van der Waals surface area contributed by atoms with E-state index in [9.17, 15) is 29.1 Å². The molecule has 1 heterocycles. The van der Waals surface area contributed by atoms with Gasteiger partial charge in [0.05, 0.1) is 36.2 Å². The molecule has 66 heavy (non-hydrogen) atoms. The summed E-state index contributed by atoms with van der Waals surface area (Å²) < 4.78 is 18.0. The molecule has 5 saturated carbocycles. The van der Waals surface area contributed by atoms with Crippen LogP contribution in [0.3, 0.4) is 0 Å². The van der Waals surface area contributed by atoms with Gasteiger partial charge in [-0.3, -0.25) is 24.0 Å². The van der Waals surface area contributed by atoms with E-state index in [-0.39, 0.29) is 82.2 Å². The fraction of sp³-hybridized carbons (Fsp3) is 0.759. The summed E-state index contributed by atoms with van der Waals surface area (Å²) in [5.74, 6) is -0.826. The summed E-state index contributed by atoms with van der Waals surface area (Å²) in [5.41, 5.74) is 0.311. The van der Waals surface area contributed by atoms with E-state index in [1.165, 1.54) is 5.57 Å². The van der Waals surface area contributed by atoms with E-state index in [1.54, 1.807) is 18.2 Å². The number of hydrogen-bond donors (Lipinski definition) is 3. The molecule has 364 valence electrons. The number of carbonyl (C=O) groups excluding carboxylic acids is 4. The molecule has 0 radical (unpaired) electrons. The summed E-state index contributed by atoms with van der Waals surface area (Å²) in [6.07, 6.45) is 8.87. The molecule has 11 atom stereocenters. The maximum absolute atomic E-state index is 14.3. The van der Waals surface area contributed by atoms with Crippen LogP contribution in [0.2, 0.25) is 5.02 Å². The normalized spacial score (nSPS) is 37.7. The highest BCUT2D eigenvalue weighted by Crippen LogP contribution is 2.77. The zero-order valence-corrected chi connectivity index (χ0v) is 42.3. The number of hydrogen-bond acceptors (Lipinski definition) is 8. The molecule has 7 aliphatic rings. The van der Waals surface area contributed by atoms with Crippen molar-refractivity contribution in [2.45, 2.75) is 171 Å². The van der Waals surface area contributed by atoms with Gasteiger partial charge in [-0.2, -0.15) is 0 Å². The third-order valence-electron chi connectivity index (χ3n) is 19.7. The number of fused-ring (bicyclic) bond motifs is 7. The molecule has 0 aromatic heterocycles. The number of carboxylic acids is 1. The summed E-state index contributed by atoms with van der Waals surface area (Å²) in [6.45, 7) is 25.2. The molecule has 6 aliphatic carbocycles. The quantitative estimate of drug-likeness (QED) is 0.174. The summed E-state index contributed by atoms with van der Waals surface area (Å²) in [6, 6.07) is 4.98. The lowest BCUT2D eigenvalue weighted by molar-refractivity contribution is -0.236. The molecular weight excluding hydrogens is 856 g/mol. The average Bonchev–Trinajstić information content (AvgIpc) is 3.83. The van der Waals surface area contributed by atoms with Gasteiger partial charge >= 0.3 is 11.9 Å². The van der Waals surface area contributed by atoms with Crippen molar-refractivity contribution >= 4 is 41.1 Å². The van der Waals surface area contributed by atoms with Crippen molar-refractivity contribution in [3.8, 4) is 5.75 Å². The van der Waals surface area contributed by atoms with E-state index in [1.807, 2.05) is 27.7 Å². The van der Waals surface area contributed by atoms with Gasteiger partial charge in [0.15, 0.2) is 5.78 Å². The molecule has 1 saturated heterocycles. The van der Waals surface area contributed by atoms with Gasteiger partial charge < -0.3 is 30.0 Å². The van der Waals surface area contributed by atoms with Crippen molar-refractivity contribution in [2.24, 2.45) is 68.0 Å². The molecule has 2 amide bonds. The number of benzene rings is 1. The number of ether oxygens (including phenoxy) is 3. The van der Waals surface area contributed by atoms with Crippen molar-refractivity contribution in [3.05, 3.63) is 39.9 Å². The van der Waals surface area contributed by atoms with Crippen molar-refractivity contribution in [1.29, 1.82) is 0 Å². The van der Waals surface area contributed by atoms with Crippen LogP contribution in [-0.2, 0) is 28.7 Å². The number of amides is 2. The molecule has 3 N–H and O–H groups in total. The Labute approximate surface area is 398 Å². The number of halogens is 1. The van der Waals surface area contributed by atoms with Crippen LogP contribution in [0.15, 0.2) is 29.3 Å². The fourth-order valence-electron chi connectivity index (χ4n) is 15.8. The summed E-state index contributed by atoms with van der Waals surface area (Å²) in [4.78, 5) is 67.8. The third kappa shape index (κ3) is 7.93. The van der Waals surface area contributed by atoms with Crippen LogP contribution in [0.1, 0.15) is 164 Å². The first-order valence-electron chi connectivity index (χ1n) is 25.0. The Morgan fingerprint density at radius 1 is 0.894 bits per heavy atom. The molecule has 0 unspecified atom stereocenters. The average molecular weight is 934 g/mol. The molecule has 12 heteroatoms. The van der Waals surface area contributed by atoms with E-state index in [0.29, 0.717) is 54.2 Å². The standard InChI is InChI=1S/C54H77ClN2O9/c1-30(2)43-37(58)26-54(27-42(59)56-29-48(3,4)57-45(60)33-13-12-31(55)24-38(33)65-32-18-23-64-28-32)22-21-52(10)34(44(43)54)14-15-40-51(9)19-17-41(50(7,8)39(51)16-20-53(40,52)11)66-47(63)36-25-35(46(61)62)49(36,5)6/h12-13,24,30,32,34-36,39-41H,14-23,25-29H2,1-11H3,(H,56,59)(H,57,60)(H,61,62)/t32-,34+,35-,36+,39-,40+,41-,51-,52+,53+,54-/m0/s1. The van der Waals surface area contributed by atoms with Gasteiger partial charge in [0, 0.05) is 41.7 Å². The number of allylic oxidation sites excluding steroid dienone is 2. The second-order valence-corrected chi connectivity index (χ2v) is 25.2. The lowest BCUT2D eigenvalue weighted by Crippen LogP contribution is -2.66. The van der Waals surface area contributed by atoms with Gasteiger partial charge in [0.2, 0.25) is 5.91 Å². The highest BCUT2D eigenvalue weighted by atomic mass is 35.5. The number of carboxylic acid groups (broad SMARTS) is 1. The predicted octanol–water partition coefficient (Wildman–Crippen LogP) is 10.2. The van der Waals surface area contributed by atoms with Crippen LogP contribution < -0.4 is 15.4 Å². The molecule has 1 aromatic rings. The number of aliphatic carboxylic acids is 1. The molecule has 0 spiro atoms. The zero-order valence-electron chi connectivity index (χ0n) is 41.5. The topological polar surface area (TPSA) is 157 Å². The van der Waals surface area contributed by atoms with E-state index >= 15 is 0 Å². The molecule has 6 fully saturated rings. The number of esters is 1. The summed E-state index contributed by atoms with van der Waals surface area (Å²) in [5, 5.41) is 16.5. The fourth-order valence-corrected chi connectivity index (χ4v) is 15.9. The minimum absolute atomic E-state index is 0.000192. The van der Waals surface area contributed by atoms with Crippen molar-refractivity contribution in [3.63, 3.8) is 0 Å². The van der Waals surface area contributed by atoms with Crippen LogP contribution >= 0.6 is 11.6 Å². The number of ketones is 1. The van der Waals surface area contributed by atoms with Crippen LogP contribution in [0, 0.1) is 68.0 Å². The Morgan fingerprint density at radius 2 is 1.62 bits per heavy atom. The van der Waals surface area contributed by atoms with Gasteiger partial charge in [0.25, 0.3) is 5.91 Å². The Balaban J connectivity index is 0.968. The van der Waals surface area contributed by atoms with Crippen LogP contribution in [0.4, 0.5) is 0 Å². The molecule has 0 bridgehead atoms. The van der Waals surface area contributed by atoms with E-state index in [4.69, 9.17) is 25.8 Å². The highest BCUT2D eigenvalue weighted by Gasteiger charge is 2.70. The largest absolute Gasteiger partial charge is 0.487 e. The van der Waals surface area contributed by atoms with Crippen molar-refractivity contribution < 1.29 is 43.3 Å². The van der Waals surface area contributed by atoms with Crippen LogP contribution in [0.5, 0.6) is 5.75 Å². The molecule has 8 rings (SSSR count). The smallest absolute Gasteiger partial charge is 0.309 e. The minimum atomic E-state index is -0.845. The summed E-state index contributed by atoms with van der Waals surface area (Å²) >= 11 is 6.31. The van der Waals surface area contributed by atoms with Gasteiger partial charge in [-0.1, -0.05) is 79.5 Å². The predicted molar refractivity (Wildman–Crippen MR) is 253 cm³/mol. The first-order valence-corrected chi connectivity index (χ1v) is 25.4. The first-order chi connectivity index (χ1) is 30.7. The van der Waals surface area contributed by atoms with E-state index in [2.05, 4.69) is 59.1 Å². The Bertz CT molecular complexity index is 2190. The van der Waals surface area contributed by atoms with Gasteiger partial charge in [0.1, 0.15) is 18.0 Å². The second kappa shape index (κ2) is 16.9. The lowest BCUT2D eigenvalue weighted by atomic mass is 9.33. The molecule has 1 aliphatic heterocycles. The maximum atomic E-state index is 14.3. The second-order valence-electron chi connectivity index (χ2n) is 24.8. The SMILES string of the molecule is CC(C)C1=C2[C@H]3CC[C@@H]4[C@@]5(C)CC[C@H](OC(=O)[C@H]6C[C@@H](C(=O)O)C6(C)C)C(C)(C)[C@@H]5CC[C@@]4(C)[C@]3(C)CC[C@@]2(CC(=O)NCC(C)(C)NC(=O)c2ccc(Cl)cc2O[C@H]2CCOC2)CC1=O. The number of nitrogens with one attached hydrogen (secondary N) is 2. The Hall–Kier alpha value is -3.44. The van der Waals surface area contributed by atoms with Crippen LogP contribution in [-0.4, -0.2) is 72.1 Å². The molecule has 11 nitrogen and oxygen atoms in total. The van der Waals surface area contributed by atoms with Crippen molar-refractivity contribution in [2.75, 3.05) is 19.8 Å². The summed E-state index contributed by atoms with van der Waals surface area (Å²) in [7, 11) is 0. The van der Waals surface area contributed by atoms with Gasteiger partial charge in [-0.15, -0.1) is 0 Å². The Kier molecular flexibility index (Phi) is 12.6. The minimum Gasteiger partial charge on any atom is -0.487 e. The van der Waals surface area contributed by atoms with Crippen molar-refractivity contribution in [1.82, 2.24) is 10.6 Å². The molecular formula is C54H77ClN2O9. The zero-order chi connectivity index (χ0) is 48.2. The maximum Gasteiger partial charge on any atom is 0.309 e.